The molecular formula is C32H32N4O2. The van der Waals surface area contributed by atoms with E-state index < -0.39 is 0 Å². The summed E-state index contributed by atoms with van der Waals surface area (Å²) in [5.41, 5.74) is 7.87. The molecular weight excluding hydrogens is 472 g/mol. The van der Waals surface area contributed by atoms with Crippen LogP contribution in [0.3, 0.4) is 0 Å². The van der Waals surface area contributed by atoms with Gasteiger partial charge in [0.25, 0.3) is 0 Å². The van der Waals surface area contributed by atoms with Gasteiger partial charge in [-0.05, 0) is 73.5 Å². The minimum Gasteiger partial charge on any atom is -0.326 e. The molecule has 0 spiro atoms. The molecule has 4 aromatic carbocycles. The number of rotatable bonds is 6. The highest BCUT2D eigenvalue weighted by Gasteiger charge is 1.96. The summed E-state index contributed by atoms with van der Waals surface area (Å²) in [5, 5.41) is 5.46. The lowest BCUT2D eigenvalue weighted by Crippen LogP contribution is -2.05. The van der Waals surface area contributed by atoms with Crippen molar-refractivity contribution < 1.29 is 9.59 Å². The van der Waals surface area contributed by atoms with Gasteiger partial charge < -0.3 is 10.6 Å². The molecule has 0 heterocycles. The maximum Gasteiger partial charge on any atom is 0.221 e. The van der Waals surface area contributed by atoms with Crippen molar-refractivity contribution in [1.29, 1.82) is 0 Å². The summed E-state index contributed by atoms with van der Waals surface area (Å²) >= 11 is 0. The fourth-order valence-corrected chi connectivity index (χ4v) is 3.27. The zero-order valence-electron chi connectivity index (χ0n) is 22.1. The Balaban J connectivity index is 0.000000211. The third-order valence-corrected chi connectivity index (χ3v) is 5.26. The van der Waals surface area contributed by atoms with Crippen LogP contribution >= 0.6 is 0 Å². The molecule has 2 amide bonds. The molecule has 0 aliphatic carbocycles. The number of aliphatic imine (C=N–C) groups is 2. The summed E-state index contributed by atoms with van der Waals surface area (Å²) in [7, 11) is 0. The molecule has 192 valence electrons. The van der Waals surface area contributed by atoms with Crippen molar-refractivity contribution in [1.82, 2.24) is 0 Å². The maximum atomic E-state index is 10.9. The van der Waals surface area contributed by atoms with Gasteiger partial charge in [0.15, 0.2) is 0 Å². The highest BCUT2D eigenvalue weighted by atomic mass is 16.2. The number of nitrogens with one attached hydrogen (secondary N) is 2. The molecule has 0 atom stereocenters. The average Bonchev–Trinajstić information content (AvgIpc) is 2.89. The van der Waals surface area contributed by atoms with E-state index >= 15 is 0 Å². The van der Waals surface area contributed by atoms with Gasteiger partial charge in [0.1, 0.15) is 0 Å². The van der Waals surface area contributed by atoms with Gasteiger partial charge in [-0.2, -0.15) is 0 Å². The Kier molecular flexibility index (Phi) is 10.3. The number of aryl methyl sites for hydroxylation is 2. The number of carbonyl (C=O) groups excluding carboxylic acids is 2. The number of nitrogens with zero attached hydrogens (tertiary/aromatic N) is 2. The van der Waals surface area contributed by atoms with Crippen LogP contribution in [0.25, 0.3) is 0 Å². The topological polar surface area (TPSA) is 82.9 Å². The third-order valence-electron chi connectivity index (χ3n) is 5.26. The molecule has 0 aliphatic heterocycles. The Hall–Kier alpha value is -4.84. The van der Waals surface area contributed by atoms with Crippen molar-refractivity contribution in [3.63, 3.8) is 0 Å². The van der Waals surface area contributed by atoms with E-state index in [0.717, 1.165) is 33.9 Å². The van der Waals surface area contributed by atoms with Gasteiger partial charge in [-0.15, -0.1) is 0 Å². The molecule has 0 unspecified atom stereocenters. The molecule has 4 rings (SSSR count). The fraction of sp³-hybridized carbons (Fsp3) is 0.125. The number of benzene rings is 4. The number of carbonyl (C=O) groups is 2. The van der Waals surface area contributed by atoms with Crippen molar-refractivity contribution in [2.24, 2.45) is 9.98 Å². The SMILES string of the molecule is CC(=O)Nc1ccc(C=Nc2ccc(C)cc2)cc1.CC(=O)Nc1ccc(C=Nc2ccc(C)cc2)cc1. The molecule has 0 aromatic heterocycles. The molecule has 0 radical (unpaired) electrons. The first-order valence-corrected chi connectivity index (χ1v) is 12.2. The zero-order chi connectivity index (χ0) is 27.3. The lowest BCUT2D eigenvalue weighted by atomic mass is 10.2. The van der Waals surface area contributed by atoms with E-state index in [-0.39, 0.29) is 11.8 Å². The highest BCUT2D eigenvalue weighted by Crippen LogP contribution is 2.15. The quantitative estimate of drug-likeness (QED) is 0.268. The van der Waals surface area contributed by atoms with Gasteiger partial charge in [0.05, 0.1) is 11.4 Å². The highest BCUT2D eigenvalue weighted by molar-refractivity contribution is 5.90. The molecule has 0 saturated carbocycles. The van der Waals surface area contributed by atoms with Crippen molar-refractivity contribution in [2.75, 3.05) is 10.6 Å². The van der Waals surface area contributed by atoms with Crippen molar-refractivity contribution >= 4 is 47.0 Å². The lowest BCUT2D eigenvalue weighted by Gasteiger charge is -2.01. The second kappa shape index (κ2) is 14.0. The summed E-state index contributed by atoms with van der Waals surface area (Å²) in [4.78, 5) is 30.6. The number of hydrogen-bond donors (Lipinski definition) is 2. The predicted octanol–water partition coefficient (Wildman–Crippen LogP) is 7.41. The van der Waals surface area contributed by atoms with Gasteiger partial charge in [-0.3, -0.25) is 19.6 Å². The first kappa shape index (κ1) is 27.7. The predicted molar refractivity (Wildman–Crippen MR) is 158 cm³/mol. The van der Waals surface area contributed by atoms with Crippen molar-refractivity contribution in [2.45, 2.75) is 27.7 Å². The summed E-state index contributed by atoms with van der Waals surface area (Å²) in [6.07, 6.45) is 3.62. The van der Waals surface area contributed by atoms with Crippen LogP contribution in [0.2, 0.25) is 0 Å². The van der Waals surface area contributed by atoms with E-state index in [9.17, 15) is 9.59 Å². The molecule has 0 aliphatic rings. The minimum atomic E-state index is -0.0685. The molecule has 0 saturated heterocycles. The Bertz CT molecular complexity index is 1280. The van der Waals surface area contributed by atoms with E-state index in [2.05, 4.69) is 20.6 Å². The van der Waals surface area contributed by atoms with Crippen LogP contribution in [-0.4, -0.2) is 24.2 Å². The first-order valence-electron chi connectivity index (χ1n) is 12.2. The smallest absolute Gasteiger partial charge is 0.221 e. The van der Waals surface area contributed by atoms with Crippen LogP contribution in [0.4, 0.5) is 22.7 Å². The van der Waals surface area contributed by atoms with E-state index in [1.54, 1.807) is 0 Å². The summed E-state index contributed by atoms with van der Waals surface area (Å²) in [6.45, 7) is 7.09. The number of anilines is 2. The lowest BCUT2D eigenvalue weighted by molar-refractivity contribution is -0.115. The molecule has 6 nitrogen and oxygen atoms in total. The van der Waals surface area contributed by atoms with Crippen LogP contribution in [0.5, 0.6) is 0 Å². The molecule has 4 aromatic rings. The third kappa shape index (κ3) is 10.0. The van der Waals surface area contributed by atoms with Gasteiger partial charge >= 0.3 is 0 Å². The number of amides is 2. The fourth-order valence-electron chi connectivity index (χ4n) is 3.27. The zero-order valence-corrected chi connectivity index (χ0v) is 22.1. The van der Waals surface area contributed by atoms with E-state index in [1.165, 1.54) is 25.0 Å². The summed E-state index contributed by atoms with van der Waals surface area (Å²) in [6, 6.07) is 31.2. The molecule has 38 heavy (non-hydrogen) atoms. The van der Waals surface area contributed by atoms with Crippen LogP contribution in [0.15, 0.2) is 107 Å². The molecule has 0 fully saturated rings. The first-order chi connectivity index (χ1) is 18.3. The summed E-state index contributed by atoms with van der Waals surface area (Å²) in [5.74, 6) is -0.137. The Morgan fingerprint density at radius 1 is 0.526 bits per heavy atom. The molecule has 2 N–H and O–H groups in total. The Morgan fingerprint density at radius 3 is 1.13 bits per heavy atom. The van der Waals surface area contributed by atoms with Gasteiger partial charge in [-0.1, -0.05) is 59.7 Å². The second-order valence-corrected chi connectivity index (χ2v) is 8.79. The second-order valence-electron chi connectivity index (χ2n) is 8.79. The normalized spacial score (nSPS) is 10.6. The largest absolute Gasteiger partial charge is 0.326 e. The van der Waals surface area contributed by atoms with Crippen molar-refractivity contribution in [3.05, 3.63) is 119 Å². The molecule has 6 heteroatoms. The van der Waals surface area contributed by atoms with Gasteiger partial charge in [-0.25, -0.2) is 0 Å². The van der Waals surface area contributed by atoms with Crippen LogP contribution < -0.4 is 10.6 Å². The van der Waals surface area contributed by atoms with Gasteiger partial charge in [0, 0.05) is 37.7 Å². The number of hydrogen-bond acceptors (Lipinski definition) is 4. The summed E-state index contributed by atoms with van der Waals surface area (Å²) < 4.78 is 0. The van der Waals surface area contributed by atoms with Crippen molar-refractivity contribution in [3.8, 4) is 0 Å². The van der Waals surface area contributed by atoms with Crippen LogP contribution in [-0.2, 0) is 9.59 Å². The van der Waals surface area contributed by atoms with Crippen LogP contribution in [0.1, 0.15) is 36.1 Å². The maximum absolute atomic E-state index is 10.9. The monoisotopic (exact) mass is 504 g/mol. The standard InChI is InChI=1S/2C16H16N2O/c2*1-12-3-7-15(8-4-12)17-11-14-5-9-16(10-6-14)18-13(2)19/h2*3-11H,1-2H3,(H,18,19). The van der Waals surface area contributed by atoms with E-state index in [0.29, 0.717) is 0 Å². The van der Waals surface area contributed by atoms with E-state index in [1.807, 2.05) is 123 Å². The average molecular weight is 505 g/mol. The Morgan fingerprint density at radius 2 is 0.842 bits per heavy atom. The van der Waals surface area contributed by atoms with Crippen LogP contribution in [0, 0.1) is 13.8 Å². The van der Waals surface area contributed by atoms with E-state index in [4.69, 9.17) is 0 Å². The molecule has 0 bridgehead atoms. The van der Waals surface area contributed by atoms with Gasteiger partial charge in [0.2, 0.25) is 11.8 Å². The minimum absolute atomic E-state index is 0.0685. The Labute approximate surface area is 224 Å².